The summed E-state index contributed by atoms with van der Waals surface area (Å²) in [6.07, 6.45) is 2.69. The molecule has 0 saturated heterocycles. The number of ether oxygens (including phenoxy) is 3. The Morgan fingerprint density at radius 2 is 1.81 bits per heavy atom. The topological polar surface area (TPSA) is 77.1 Å². The minimum absolute atomic E-state index is 0.289. The van der Waals surface area contributed by atoms with Gasteiger partial charge in [0.25, 0.3) is 0 Å². The van der Waals surface area contributed by atoms with Crippen molar-refractivity contribution in [2.75, 3.05) is 26.6 Å². The second-order valence-corrected chi connectivity index (χ2v) is 7.97. The fourth-order valence-electron chi connectivity index (χ4n) is 2.74. The molecular formula is C24H30N2O5. The van der Waals surface area contributed by atoms with Crippen molar-refractivity contribution in [3.8, 4) is 11.5 Å². The molecule has 0 spiro atoms. The summed E-state index contributed by atoms with van der Waals surface area (Å²) >= 11 is 0. The Morgan fingerprint density at radius 3 is 2.45 bits per heavy atom. The number of anilines is 1. The van der Waals surface area contributed by atoms with Crippen LogP contribution in [0, 0.1) is 0 Å². The Morgan fingerprint density at radius 1 is 1.06 bits per heavy atom. The maximum absolute atomic E-state index is 12.4. The molecule has 2 rings (SSSR count). The molecule has 1 N–H and O–H groups in total. The first-order valence-corrected chi connectivity index (χ1v) is 9.85. The molecule has 0 heterocycles. The monoisotopic (exact) mass is 426 g/mol. The predicted molar refractivity (Wildman–Crippen MR) is 121 cm³/mol. The Kier molecular flexibility index (Phi) is 8.07. The van der Waals surface area contributed by atoms with Gasteiger partial charge in [0.2, 0.25) is 5.91 Å². The molecule has 166 valence electrons. The third-order valence-electron chi connectivity index (χ3n) is 4.17. The van der Waals surface area contributed by atoms with E-state index in [4.69, 9.17) is 14.2 Å². The average molecular weight is 427 g/mol. The standard InChI is InChI=1S/C24H30N2O5/c1-24(2,3)31-23(28)26(4)16-17-8-7-9-19(14-17)25-22(27)13-10-18-15-20(29-5)11-12-21(18)30-6/h7-15H,16H2,1-6H3,(H,25,27). The molecule has 2 amide bonds. The van der Waals surface area contributed by atoms with E-state index < -0.39 is 11.7 Å². The number of benzene rings is 2. The molecule has 7 heteroatoms. The molecule has 31 heavy (non-hydrogen) atoms. The molecule has 0 unspecified atom stereocenters. The van der Waals surface area contributed by atoms with Gasteiger partial charge in [0.05, 0.1) is 14.2 Å². The van der Waals surface area contributed by atoms with E-state index in [1.54, 1.807) is 51.6 Å². The lowest BCUT2D eigenvalue weighted by Gasteiger charge is -2.24. The minimum Gasteiger partial charge on any atom is -0.497 e. The quantitative estimate of drug-likeness (QED) is 0.648. The highest BCUT2D eigenvalue weighted by Crippen LogP contribution is 2.25. The fraction of sp³-hybridized carbons (Fsp3) is 0.333. The second-order valence-electron chi connectivity index (χ2n) is 7.97. The fourth-order valence-corrected chi connectivity index (χ4v) is 2.74. The lowest BCUT2D eigenvalue weighted by atomic mass is 10.1. The van der Waals surface area contributed by atoms with Crippen LogP contribution in [0.3, 0.4) is 0 Å². The van der Waals surface area contributed by atoms with Crippen LogP contribution in [0.25, 0.3) is 6.08 Å². The molecule has 0 radical (unpaired) electrons. The molecule has 2 aromatic carbocycles. The number of nitrogens with zero attached hydrogens (tertiary/aromatic N) is 1. The molecule has 0 bridgehead atoms. The number of carbonyl (C=O) groups excluding carboxylic acids is 2. The first-order chi connectivity index (χ1) is 14.6. The highest BCUT2D eigenvalue weighted by Gasteiger charge is 2.19. The van der Waals surface area contributed by atoms with Crippen LogP contribution in [0.4, 0.5) is 10.5 Å². The van der Waals surface area contributed by atoms with Crippen molar-refractivity contribution in [3.63, 3.8) is 0 Å². The van der Waals surface area contributed by atoms with Crippen molar-refractivity contribution in [3.05, 3.63) is 59.7 Å². The summed E-state index contributed by atoms with van der Waals surface area (Å²) in [5.41, 5.74) is 1.66. The van der Waals surface area contributed by atoms with E-state index in [1.165, 1.54) is 11.0 Å². The molecule has 0 atom stereocenters. The number of amides is 2. The molecule has 0 aliphatic carbocycles. The highest BCUT2D eigenvalue weighted by atomic mass is 16.6. The number of hydrogen-bond donors (Lipinski definition) is 1. The third-order valence-corrected chi connectivity index (χ3v) is 4.17. The van der Waals surface area contributed by atoms with E-state index in [0.717, 1.165) is 11.1 Å². The van der Waals surface area contributed by atoms with E-state index in [-0.39, 0.29) is 5.91 Å². The van der Waals surface area contributed by atoms with Crippen molar-refractivity contribution in [1.29, 1.82) is 0 Å². The van der Waals surface area contributed by atoms with Crippen LogP contribution >= 0.6 is 0 Å². The highest BCUT2D eigenvalue weighted by molar-refractivity contribution is 6.02. The van der Waals surface area contributed by atoms with Gasteiger partial charge in [-0.05, 0) is 62.7 Å². The Balaban J connectivity index is 2.03. The largest absolute Gasteiger partial charge is 0.497 e. The summed E-state index contributed by atoms with van der Waals surface area (Å²) in [6.45, 7) is 5.83. The van der Waals surface area contributed by atoms with Gasteiger partial charge in [-0.1, -0.05) is 12.1 Å². The van der Waals surface area contributed by atoms with Crippen molar-refractivity contribution >= 4 is 23.8 Å². The molecule has 0 fully saturated rings. The molecule has 0 aromatic heterocycles. The lowest BCUT2D eigenvalue weighted by Crippen LogP contribution is -2.33. The minimum atomic E-state index is -0.557. The normalized spacial score (nSPS) is 11.2. The van der Waals surface area contributed by atoms with Crippen LogP contribution in [-0.2, 0) is 16.1 Å². The zero-order chi connectivity index (χ0) is 23.0. The zero-order valence-electron chi connectivity index (χ0n) is 18.9. The first kappa shape index (κ1) is 23.8. The lowest BCUT2D eigenvalue weighted by molar-refractivity contribution is -0.111. The van der Waals surface area contributed by atoms with Crippen LogP contribution in [-0.4, -0.2) is 43.8 Å². The van der Waals surface area contributed by atoms with Crippen LogP contribution in [0.2, 0.25) is 0 Å². The van der Waals surface area contributed by atoms with Gasteiger partial charge in [-0.15, -0.1) is 0 Å². The van der Waals surface area contributed by atoms with E-state index in [2.05, 4.69) is 5.32 Å². The summed E-state index contributed by atoms with van der Waals surface area (Å²) < 4.78 is 15.9. The number of rotatable bonds is 7. The number of carbonyl (C=O) groups is 2. The Labute approximate surface area is 183 Å². The van der Waals surface area contributed by atoms with Gasteiger partial charge in [0.15, 0.2) is 0 Å². The Bertz CT molecular complexity index is 947. The third kappa shape index (κ3) is 7.70. The summed E-state index contributed by atoms with van der Waals surface area (Å²) in [6, 6.07) is 12.7. The summed E-state index contributed by atoms with van der Waals surface area (Å²) in [7, 11) is 4.82. The maximum Gasteiger partial charge on any atom is 0.410 e. The van der Waals surface area contributed by atoms with Crippen molar-refractivity contribution in [2.24, 2.45) is 0 Å². The molecule has 0 saturated carbocycles. The van der Waals surface area contributed by atoms with Gasteiger partial charge in [-0.3, -0.25) is 4.79 Å². The number of methoxy groups -OCH3 is 2. The SMILES string of the molecule is COc1ccc(OC)c(C=CC(=O)Nc2cccc(CN(C)C(=O)OC(C)(C)C)c2)c1. The van der Waals surface area contributed by atoms with E-state index in [9.17, 15) is 9.59 Å². The van der Waals surface area contributed by atoms with Crippen LogP contribution < -0.4 is 14.8 Å². The summed E-state index contributed by atoms with van der Waals surface area (Å²) in [5.74, 6) is 1.02. The summed E-state index contributed by atoms with van der Waals surface area (Å²) in [5, 5.41) is 2.83. The average Bonchev–Trinajstić information content (AvgIpc) is 2.71. The molecular weight excluding hydrogens is 396 g/mol. The van der Waals surface area contributed by atoms with E-state index >= 15 is 0 Å². The van der Waals surface area contributed by atoms with Gasteiger partial charge in [-0.2, -0.15) is 0 Å². The van der Waals surface area contributed by atoms with Crippen molar-refractivity contribution < 1.29 is 23.8 Å². The smallest absolute Gasteiger partial charge is 0.410 e. The summed E-state index contributed by atoms with van der Waals surface area (Å²) in [4.78, 5) is 26.0. The van der Waals surface area contributed by atoms with Gasteiger partial charge in [-0.25, -0.2) is 4.79 Å². The zero-order valence-corrected chi connectivity index (χ0v) is 18.9. The van der Waals surface area contributed by atoms with Crippen LogP contribution in [0.15, 0.2) is 48.5 Å². The van der Waals surface area contributed by atoms with Gasteiger partial charge in [0, 0.05) is 30.9 Å². The van der Waals surface area contributed by atoms with Gasteiger partial charge >= 0.3 is 6.09 Å². The maximum atomic E-state index is 12.4. The van der Waals surface area contributed by atoms with E-state index in [1.807, 2.05) is 39.0 Å². The van der Waals surface area contributed by atoms with Crippen LogP contribution in [0.1, 0.15) is 31.9 Å². The van der Waals surface area contributed by atoms with Gasteiger partial charge < -0.3 is 24.4 Å². The Hall–Kier alpha value is -3.48. The number of nitrogens with one attached hydrogen (secondary N) is 1. The second kappa shape index (κ2) is 10.5. The molecule has 2 aromatic rings. The van der Waals surface area contributed by atoms with Crippen molar-refractivity contribution in [1.82, 2.24) is 4.90 Å². The van der Waals surface area contributed by atoms with E-state index in [0.29, 0.717) is 23.7 Å². The predicted octanol–water partition coefficient (Wildman–Crippen LogP) is 4.72. The first-order valence-electron chi connectivity index (χ1n) is 9.85. The number of hydrogen-bond acceptors (Lipinski definition) is 5. The molecule has 0 aliphatic rings. The van der Waals surface area contributed by atoms with Crippen molar-refractivity contribution in [2.45, 2.75) is 32.9 Å². The molecule has 0 aliphatic heterocycles. The van der Waals surface area contributed by atoms with Crippen LogP contribution in [0.5, 0.6) is 11.5 Å². The molecule has 7 nitrogen and oxygen atoms in total. The van der Waals surface area contributed by atoms with Gasteiger partial charge in [0.1, 0.15) is 17.1 Å².